The Labute approximate surface area is 349 Å². The Morgan fingerprint density at radius 3 is 1.59 bits per heavy atom. The third-order valence-corrected chi connectivity index (χ3v) is 13.8. The largest absolute Gasteiger partial charge is 0.322 e. The lowest BCUT2D eigenvalue weighted by Crippen LogP contribution is -2.45. The number of carbonyl (C=O) groups is 6. The zero-order valence-electron chi connectivity index (χ0n) is 35.1. The van der Waals surface area contributed by atoms with E-state index in [1.54, 1.807) is 24.3 Å². The van der Waals surface area contributed by atoms with Crippen molar-refractivity contribution in [3.63, 3.8) is 0 Å². The van der Waals surface area contributed by atoms with Crippen LogP contribution < -0.4 is 10.6 Å². The highest BCUT2D eigenvalue weighted by Gasteiger charge is 2.50. The first-order valence-corrected chi connectivity index (χ1v) is 22.4. The van der Waals surface area contributed by atoms with Gasteiger partial charge in [-0.2, -0.15) is 0 Å². The predicted molar refractivity (Wildman–Crippen MR) is 230 cm³/mol. The smallest absolute Gasteiger partial charge is 0.255 e. The van der Waals surface area contributed by atoms with E-state index in [1.807, 2.05) is 24.3 Å². The number of fused-ring (bicyclic) bond motifs is 1. The lowest BCUT2D eigenvalue weighted by atomic mass is 9.68. The molecule has 2 aromatic rings. The molecule has 1 unspecified atom stereocenters. The van der Waals surface area contributed by atoms with Crippen LogP contribution in [0.3, 0.4) is 0 Å². The Morgan fingerprint density at radius 1 is 0.610 bits per heavy atom. The minimum Gasteiger partial charge on any atom is -0.322 e. The highest BCUT2D eigenvalue weighted by Crippen LogP contribution is 2.42. The van der Waals surface area contributed by atoms with Gasteiger partial charge in [0, 0.05) is 34.5 Å². The van der Waals surface area contributed by atoms with Gasteiger partial charge in [0.15, 0.2) is 23.1 Å². The Balaban J connectivity index is 1.05. The number of carbonyl (C=O) groups excluding carboxylic acids is 6. The molecule has 0 spiro atoms. The molecule has 2 aromatic carbocycles. The van der Waals surface area contributed by atoms with Gasteiger partial charge in [-0.15, -0.1) is 0 Å². The fraction of sp³-hybridized carbons (Fsp3) is 0.490. The summed E-state index contributed by atoms with van der Waals surface area (Å²) in [5.74, 6) is -2.72. The molecule has 0 bridgehead atoms. The number of hydrogen-bond donors (Lipinski definition) is 2. The minimum absolute atomic E-state index is 0.0433. The highest BCUT2D eigenvalue weighted by atomic mass is 16.2. The summed E-state index contributed by atoms with van der Waals surface area (Å²) in [5.41, 5.74) is 2.66. The summed E-state index contributed by atoms with van der Waals surface area (Å²) < 4.78 is 0. The van der Waals surface area contributed by atoms with Crippen LogP contribution in [0.25, 0.3) is 0 Å². The van der Waals surface area contributed by atoms with Gasteiger partial charge in [-0.25, -0.2) is 0 Å². The topological polar surface area (TPSA) is 126 Å². The molecule has 2 fully saturated rings. The van der Waals surface area contributed by atoms with Crippen molar-refractivity contribution in [3.05, 3.63) is 117 Å². The molecule has 59 heavy (non-hydrogen) atoms. The monoisotopic (exact) mass is 796 g/mol. The quantitative estimate of drug-likeness (QED) is 0.111. The summed E-state index contributed by atoms with van der Waals surface area (Å²) in [6, 6.07) is 15.1. The number of amides is 2. The van der Waals surface area contributed by atoms with Crippen LogP contribution in [-0.4, -0.2) is 34.9 Å². The summed E-state index contributed by atoms with van der Waals surface area (Å²) >= 11 is 0. The van der Waals surface area contributed by atoms with Crippen LogP contribution >= 0.6 is 0 Å². The van der Waals surface area contributed by atoms with E-state index in [0.717, 1.165) is 37.5 Å². The average Bonchev–Trinajstić information content (AvgIpc) is 3.25. The third-order valence-electron chi connectivity index (χ3n) is 13.8. The molecule has 0 aliphatic heterocycles. The predicted octanol–water partition coefficient (Wildman–Crippen LogP) is 10.3. The van der Waals surface area contributed by atoms with Gasteiger partial charge in [-0.3, -0.25) is 28.8 Å². The van der Waals surface area contributed by atoms with Crippen molar-refractivity contribution in [3.8, 4) is 0 Å². The standard InChI is InChI=1S/C51H60N2O6/c1-4-6-8-10-32-12-16-34(17-13-32)36-20-24-38(25-21-36)50(58)52-40-28-29-42(54)45-43(40)48(56)44-41(30-31(3)47(55)46(44)49(45)57)53-51(59)39-26-22-37(23-27-39)35-18-14-33(15-19-35)11-9-7-5-2/h20-28,30,32-35,46H,4-19,29H2,1-3H3,(H,52,58)(H,53,59)/t32-,33?,34-,35?,46?. The summed E-state index contributed by atoms with van der Waals surface area (Å²) in [6.07, 6.45) is 22.4. The lowest BCUT2D eigenvalue weighted by molar-refractivity contribution is -0.131. The Kier molecular flexibility index (Phi) is 13.5. The zero-order valence-corrected chi connectivity index (χ0v) is 35.1. The first-order valence-electron chi connectivity index (χ1n) is 22.4. The van der Waals surface area contributed by atoms with Crippen LogP contribution in [0.15, 0.2) is 94.4 Å². The van der Waals surface area contributed by atoms with Crippen LogP contribution in [0.1, 0.15) is 174 Å². The van der Waals surface area contributed by atoms with Crippen molar-refractivity contribution >= 4 is 34.9 Å². The molecular formula is C51H60N2O6. The summed E-state index contributed by atoms with van der Waals surface area (Å²) in [4.78, 5) is 82.7. The van der Waals surface area contributed by atoms with Gasteiger partial charge in [-0.05, 0) is 129 Å². The maximum Gasteiger partial charge on any atom is 0.255 e. The molecule has 0 radical (unpaired) electrons. The van der Waals surface area contributed by atoms with Crippen LogP contribution in [0, 0.1) is 17.8 Å². The summed E-state index contributed by atoms with van der Waals surface area (Å²) in [5, 5.41) is 5.63. The van der Waals surface area contributed by atoms with Crippen molar-refractivity contribution in [2.75, 3.05) is 0 Å². The number of hydrogen-bond acceptors (Lipinski definition) is 6. The van der Waals surface area contributed by atoms with Crippen molar-refractivity contribution in [2.24, 2.45) is 17.8 Å². The van der Waals surface area contributed by atoms with Crippen molar-refractivity contribution in [2.45, 2.75) is 142 Å². The molecule has 2 saturated carbocycles. The van der Waals surface area contributed by atoms with E-state index in [-0.39, 0.29) is 40.1 Å². The maximum atomic E-state index is 14.5. The Morgan fingerprint density at radius 2 is 1.10 bits per heavy atom. The van der Waals surface area contributed by atoms with E-state index in [9.17, 15) is 28.8 Å². The molecule has 1 atom stereocenters. The second-order valence-electron chi connectivity index (χ2n) is 17.7. The lowest BCUT2D eigenvalue weighted by Gasteiger charge is -2.32. The second-order valence-corrected chi connectivity index (χ2v) is 17.7. The molecule has 8 heteroatoms. The molecule has 2 amide bonds. The molecule has 8 nitrogen and oxygen atoms in total. The Hall–Kier alpha value is -4.98. The number of nitrogens with one attached hydrogen (secondary N) is 2. The van der Waals surface area contributed by atoms with E-state index in [2.05, 4.69) is 24.5 Å². The molecule has 7 rings (SSSR count). The van der Waals surface area contributed by atoms with E-state index in [4.69, 9.17) is 0 Å². The van der Waals surface area contributed by atoms with Crippen LogP contribution in [0.5, 0.6) is 0 Å². The minimum atomic E-state index is -1.56. The molecule has 0 aromatic heterocycles. The van der Waals surface area contributed by atoms with Crippen LogP contribution in [-0.2, 0) is 19.2 Å². The number of rotatable bonds is 14. The molecule has 2 N–H and O–H groups in total. The first kappa shape index (κ1) is 42.2. The fourth-order valence-electron chi connectivity index (χ4n) is 10.2. The maximum absolute atomic E-state index is 14.5. The van der Waals surface area contributed by atoms with E-state index in [1.165, 1.54) is 107 Å². The summed E-state index contributed by atoms with van der Waals surface area (Å²) in [7, 11) is 0. The normalized spacial score (nSPS) is 24.6. The first-order chi connectivity index (χ1) is 28.6. The molecule has 0 heterocycles. The van der Waals surface area contributed by atoms with Crippen molar-refractivity contribution < 1.29 is 28.8 Å². The van der Waals surface area contributed by atoms with E-state index < -0.39 is 40.9 Å². The molecule has 5 aliphatic carbocycles. The summed E-state index contributed by atoms with van der Waals surface area (Å²) in [6.45, 7) is 6.00. The van der Waals surface area contributed by atoms with Crippen molar-refractivity contribution in [1.29, 1.82) is 0 Å². The van der Waals surface area contributed by atoms with Gasteiger partial charge in [0.25, 0.3) is 11.8 Å². The number of unbranched alkanes of at least 4 members (excludes halogenated alkanes) is 4. The van der Waals surface area contributed by atoms with Gasteiger partial charge in [0.1, 0.15) is 5.92 Å². The molecule has 310 valence electrons. The highest BCUT2D eigenvalue weighted by molar-refractivity contribution is 6.40. The third kappa shape index (κ3) is 9.27. The second kappa shape index (κ2) is 18.9. The SMILES string of the molecule is CCCCCC1CCC(c2ccc(C(=O)NC3=C4C(=O)C5=C(C(=O)CC=C5NC(=O)c5ccc([C@H]6CC[C@H](CCCCC)CC6)cc5)C(=O)C4C(=O)C(C)=C3)cc2)CC1. The number of Topliss-reactive ketones (excluding diaryl/α,β-unsaturated/α-hetero) is 4. The average molecular weight is 797 g/mol. The van der Waals surface area contributed by atoms with Gasteiger partial charge in [0.2, 0.25) is 0 Å². The zero-order chi connectivity index (χ0) is 41.6. The Bertz CT molecular complexity index is 2100. The van der Waals surface area contributed by atoms with Gasteiger partial charge >= 0.3 is 0 Å². The van der Waals surface area contributed by atoms with Crippen molar-refractivity contribution in [1.82, 2.24) is 10.6 Å². The number of benzene rings is 2. The van der Waals surface area contributed by atoms with Crippen LogP contribution in [0.4, 0.5) is 0 Å². The molecular weight excluding hydrogens is 737 g/mol. The van der Waals surface area contributed by atoms with E-state index >= 15 is 0 Å². The van der Waals surface area contributed by atoms with Crippen LogP contribution in [0.2, 0.25) is 0 Å². The number of allylic oxidation sites excluding steroid dienone is 6. The molecule has 0 saturated heterocycles. The van der Waals surface area contributed by atoms with Gasteiger partial charge in [-0.1, -0.05) is 95.6 Å². The number of ketones is 4. The fourth-order valence-corrected chi connectivity index (χ4v) is 10.2. The van der Waals surface area contributed by atoms with Gasteiger partial charge in [0.05, 0.1) is 11.1 Å². The van der Waals surface area contributed by atoms with E-state index in [0.29, 0.717) is 23.0 Å². The van der Waals surface area contributed by atoms with Gasteiger partial charge < -0.3 is 10.6 Å². The molecule has 5 aliphatic rings.